The monoisotopic (exact) mass is 264 g/mol. The Morgan fingerprint density at radius 2 is 2.05 bits per heavy atom. The predicted molar refractivity (Wildman–Crippen MR) is 77.1 cm³/mol. The molecule has 0 fully saturated rings. The van der Waals surface area contributed by atoms with Gasteiger partial charge in [0.15, 0.2) is 5.82 Å². The summed E-state index contributed by atoms with van der Waals surface area (Å²) < 4.78 is 1.78. The SMILES string of the molecule is Cc1cc(C)n(-c2ccc3cccc(N=[N+]=[N-])c3n2)n1. The average Bonchev–Trinajstić information content (AvgIpc) is 2.78. The highest BCUT2D eigenvalue weighted by Crippen LogP contribution is 2.25. The fourth-order valence-electron chi connectivity index (χ4n) is 2.23. The number of rotatable bonds is 2. The van der Waals surface area contributed by atoms with E-state index >= 15 is 0 Å². The number of benzene rings is 1. The molecule has 0 unspecified atom stereocenters. The van der Waals surface area contributed by atoms with Crippen molar-refractivity contribution >= 4 is 16.6 Å². The first-order chi connectivity index (χ1) is 9.69. The zero-order valence-corrected chi connectivity index (χ0v) is 11.1. The molecule has 0 aliphatic carbocycles. The van der Waals surface area contributed by atoms with Crippen molar-refractivity contribution in [1.82, 2.24) is 14.8 Å². The van der Waals surface area contributed by atoms with Crippen molar-refractivity contribution < 1.29 is 0 Å². The molecule has 98 valence electrons. The van der Waals surface area contributed by atoms with Crippen LogP contribution in [0.1, 0.15) is 11.4 Å². The second kappa shape index (κ2) is 4.68. The third-order valence-electron chi connectivity index (χ3n) is 3.06. The van der Waals surface area contributed by atoms with Crippen LogP contribution < -0.4 is 0 Å². The third-order valence-corrected chi connectivity index (χ3v) is 3.06. The van der Waals surface area contributed by atoms with Crippen LogP contribution in [-0.4, -0.2) is 14.8 Å². The normalized spacial score (nSPS) is 10.5. The molecule has 0 bridgehead atoms. The van der Waals surface area contributed by atoms with E-state index in [0.29, 0.717) is 17.0 Å². The van der Waals surface area contributed by atoms with Crippen LogP contribution in [0.3, 0.4) is 0 Å². The Morgan fingerprint density at radius 3 is 2.75 bits per heavy atom. The van der Waals surface area contributed by atoms with Gasteiger partial charge in [-0.05, 0) is 37.6 Å². The molecule has 1 aromatic carbocycles. The Labute approximate surface area is 115 Å². The van der Waals surface area contributed by atoms with E-state index in [1.54, 1.807) is 10.7 Å². The van der Waals surface area contributed by atoms with Crippen molar-refractivity contribution in [1.29, 1.82) is 0 Å². The van der Waals surface area contributed by atoms with Gasteiger partial charge in [0.1, 0.15) is 0 Å². The maximum Gasteiger partial charge on any atom is 0.154 e. The summed E-state index contributed by atoms with van der Waals surface area (Å²) in [4.78, 5) is 7.42. The summed E-state index contributed by atoms with van der Waals surface area (Å²) in [6.07, 6.45) is 0. The number of hydrogen-bond acceptors (Lipinski definition) is 3. The van der Waals surface area contributed by atoms with Gasteiger partial charge >= 0.3 is 0 Å². The Morgan fingerprint density at radius 1 is 1.20 bits per heavy atom. The van der Waals surface area contributed by atoms with E-state index < -0.39 is 0 Å². The second-order valence-electron chi connectivity index (χ2n) is 4.55. The van der Waals surface area contributed by atoms with E-state index in [2.05, 4.69) is 20.1 Å². The Hall–Kier alpha value is -2.85. The fourth-order valence-corrected chi connectivity index (χ4v) is 2.23. The maximum atomic E-state index is 8.63. The molecule has 0 saturated carbocycles. The molecule has 2 aromatic heterocycles. The summed E-state index contributed by atoms with van der Waals surface area (Å²) in [6.45, 7) is 3.92. The van der Waals surface area contributed by atoms with Crippen molar-refractivity contribution in [2.24, 2.45) is 5.11 Å². The molecule has 0 aliphatic heterocycles. The van der Waals surface area contributed by atoms with Crippen molar-refractivity contribution in [3.8, 4) is 5.82 Å². The maximum absolute atomic E-state index is 8.63. The topological polar surface area (TPSA) is 79.5 Å². The summed E-state index contributed by atoms with van der Waals surface area (Å²) in [5, 5.41) is 9.03. The second-order valence-corrected chi connectivity index (χ2v) is 4.55. The smallest absolute Gasteiger partial charge is 0.154 e. The molecule has 0 atom stereocenters. The molecule has 6 heteroatoms. The quantitative estimate of drug-likeness (QED) is 0.398. The Balaban J connectivity index is 2.26. The lowest BCUT2D eigenvalue weighted by molar-refractivity contribution is 0.810. The van der Waals surface area contributed by atoms with Gasteiger partial charge in [-0.2, -0.15) is 5.10 Å². The first-order valence-corrected chi connectivity index (χ1v) is 6.17. The molecule has 0 N–H and O–H groups in total. The van der Waals surface area contributed by atoms with Gasteiger partial charge in [0, 0.05) is 16.0 Å². The van der Waals surface area contributed by atoms with Gasteiger partial charge in [0.2, 0.25) is 0 Å². The number of aromatic nitrogens is 3. The van der Waals surface area contributed by atoms with Crippen LogP contribution in [0, 0.1) is 13.8 Å². The molecular weight excluding hydrogens is 252 g/mol. The highest BCUT2D eigenvalue weighted by molar-refractivity contribution is 5.89. The summed E-state index contributed by atoms with van der Waals surface area (Å²) >= 11 is 0. The van der Waals surface area contributed by atoms with Crippen LogP contribution in [0.2, 0.25) is 0 Å². The molecule has 3 aromatic rings. The van der Waals surface area contributed by atoms with Gasteiger partial charge in [0.25, 0.3) is 0 Å². The lowest BCUT2D eigenvalue weighted by atomic mass is 10.2. The van der Waals surface area contributed by atoms with Gasteiger partial charge in [-0.15, -0.1) is 0 Å². The van der Waals surface area contributed by atoms with Crippen LogP contribution in [0.15, 0.2) is 41.5 Å². The first-order valence-electron chi connectivity index (χ1n) is 6.17. The number of azide groups is 1. The van der Waals surface area contributed by atoms with Crippen molar-refractivity contribution in [3.05, 3.63) is 58.2 Å². The zero-order chi connectivity index (χ0) is 14.1. The van der Waals surface area contributed by atoms with Crippen LogP contribution in [0.5, 0.6) is 0 Å². The Bertz CT molecular complexity index is 842. The number of aryl methyl sites for hydroxylation is 2. The van der Waals surface area contributed by atoms with Crippen molar-refractivity contribution in [2.45, 2.75) is 13.8 Å². The minimum absolute atomic E-state index is 0.522. The number of hydrogen-bond donors (Lipinski definition) is 0. The Kier molecular flexibility index (Phi) is 2.85. The average molecular weight is 264 g/mol. The molecule has 3 rings (SSSR count). The van der Waals surface area contributed by atoms with Gasteiger partial charge in [-0.3, -0.25) is 0 Å². The molecule has 0 amide bonds. The summed E-state index contributed by atoms with van der Waals surface area (Å²) in [5.41, 5.74) is 11.8. The number of pyridine rings is 1. The lowest BCUT2D eigenvalue weighted by Gasteiger charge is -2.06. The van der Waals surface area contributed by atoms with E-state index in [1.807, 2.05) is 44.2 Å². The van der Waals surface area contributed by atoms with E-state index in [9.17, 15) is 0 Å². The van der Waals surface area contributed by atoms with E-state index in [0.717, 1.165) is 16.8 Å². The van der Waals surface area contributed by atoms with Gasteiger partial charge in [-0.25, -0.2) is 9.67 Å². The summed E-state index contributed by atoms with van der Waals surface area (Å²) in [7, 11) is 0. The molecule has 0 saturated heterocycles. The van der Waals surface area contributed by atoms with Crippen molar-refractivity contribution in [2.75, 3.05) is 0 Å². The number of nitrogens with zero attached hydrogens (tertiary/aromatic N) is 6. The standard InChI is InChI=1S/C14H12N6/c1-9-8-10(2)20(18-9)13-7-6-11-4-3-5-12(17-19-15)14(11)16-13/h3-8H,1-2H3. The molecule has 6 nitrogen and oxygen atoms in total. The first kappa shape index (κ1) is 12.2. The van der Waals surface area contributed by atoms with Gasteiger partial charge in [0.05, 0.1) is 16.9 Å². The predicted octanol–water partition coefficient (Wildman–Crippen LogP) is 3.98. The van der Waals surface area contributed by atoms with Crippen LogP contribution in [-0.2, 0) is 0 Å². The number of para-hydroxylation sites is 1. The fraction of sp³-hybridized carbons (Fsp3) is 0.143. The van der Waals surface area contributed by atoms with Crippen molar-refractivity contribution in [3.63, 3.8) is 0 Å². The largest absolute Gasteiger partial charge is 0.228 e. The van der Waals surface area contributed by atoms with E-state index in [-0.39, 0.29) is 0 Å². The highest BCUT2D eigenvalue weighted by Gasteiger charge is 2.07. The summed E-state index contributed by atoms with van der Waals surface area (Å²) in [5.74, 6) is 0.712. The zero-order valence-electron chi connectivity index (χ0n) is 11.1. The minimum Gasteiger partial charge on any atom is -0.228 e. The van der Waals surface area contributed by atoms with E-state index in [4.69, 9.17) is 5.53 Å². The third kappa shape index (κ3) is 1.98. The molecule has 0 radical (unpaired) electrons. The van der Waals surface area contributed by atoms with E-state index in [1.165, 1.54) is 0 Å². The molecule has 0 aliphatic rings. The van der Waals surface area contributed by atoms with Crippen LogP contribution in [0.4, 0.5) is 5.69 Å². The van der Waals surface area contributed by atoms with Gasteiger partial charge < -0.3 is 0 Å². The number of fused-ring (bicyclic) bond motifs is 1. The minimum atomic E-state index is 0.522. The van der Waals surface area contributed by atoms with Crippen LogP contribution >= 0.6 is 0 Å². The summed E-state index contributed by atoms with van der Waals surface area (Å²) in [6, 6.07) is 11.4. The lowest BCUT2D eigenvalue weighted by Crippen LogP contribution is -2.01. The van der Waals surface area contributed by atoms with Crippen LogP contribution in [0.25, 0.3) is 27.2 Å². The molecule has 0 spiro atoms. The van der Waals surface area contributed by atoms with Gasteiger partial charge in [-0.1, -0.05) is 23.3 Å². The molecule has 20 heavy (non-hydrogen) atoms. The molecule has 2 heterocycles. The highest BCUT2D eigenvalue weighted by atomic mass is 15.3. The molecular formula is C14H12N6.